The van der Waals surface area contributed by atoms with E-state index >= 15 is 0 Å². The zero-order chi connectivity index (χ0) is 23.2. The molecule has 1 amide bonds. The van der Waals surface area contributed by atoms with Gasteiger partial charge >= 0.3 is 0 Å². The number of nitrogens with zero attached hydrogens (tertiary/aromatic N) is 2. The minimum atomic E-state index is -0.379. The Morgan fingerprint density at radius 3 is 2.58 bits per heavy atom. The molecule has 4 aromatic rings. The summed E-state index contributed by atoms with van der Waals surface area (Å²) < 4.78 is 33.9. The van der Waals surface area contributed by atoms with Crippen LogP contribution in [-0.4, -0.2) is 29.5 Å². The first kappa shape index (κ1) is 22.2. The largest absolute Gasteiger partial charge is 0.497 e. The van der Waals surface area contributed by atoms with Crippen molar-refractivity contribution in [3.05, 3.63) is 89.5 Å². The van der Waals surface area contributed by atoms with Crippen molar-refractivity contribution in [2.45, 2.75) is 6.42 Å². The zero-order valence-electron chi connectivity index (χ0n) is 17.9. The van der Waals surface area contributed by atoms with Crippen molar-refractivity contribution in [3.8, 4) is 22.4 Å². The van der Waals surface area contributed by atoms with Crippen molar-refractivity contribution < 1.29 is 23.4 Å². The Morgan fingerprint density at radius 2 is 1.82 bits per heavy atom. The number of hydrogen-bond acceptors (Lipinski definition) is 7. The third kappa shape index (κ3) is 5.64. The first-order valence-corrected chi connectivity index (χ1v) is 10.7. The summed E-state index contributed by atoms with van der Waals surface area (Å²) in [6, 6.07) is 18.0. The van der Waals surface area contributed by atoms with Gasteiger partial charge in [-0.15, -0.1) is 0 Å². The first-order valence-electron chi connectivity index (χ1n) is 9.92. The molecule has 3 aromatic carbocycles. The second-order valence-corrected chi connectivity index (χ2v) is 7.65. The van der Waals surface area contributed by atoms with Crippen LogP contribution in [-0.2, 0) is 6.42 Å². The Kier molecular flexibility index (Phi) is 6.80. The number of benzene rings is 3. The maximum absolute atomic E-state index is 13.1. The van der Waals surface area contributed by atoms with Crippen molar-refractivity contribution in [3.63, 3.8) is 0 Å². The highest BCUT2D eigenvalue weighted by atomic mass is 32.1. The number of aromatic nitrogens is 2. The van der Waals surface area contributed by atoms with E-state index in [0.29, 0.717) is 40.2 Å². The highest BCUT2D eigenvalue weighted by Gasteiger charge is 2.15. The first-order chi connectivity index (χ1) is 16.0. The average Bonchev–Trinajstić information content (AvgIpc) is 3.27. The summed E-state index contributed by atoms with van der Waals surface area (Å²) in [5.41, 5.74) is 1.83. The topological polar surface area (TPSA) is 82.6 Å². The van der Waals surface area contributed by atoms with Gasteiger partial charge in [-0.3, -0.25) is 4.79 Å². The molecule has 0 aliphatic carbocycles. The monoisotopic (exact) mass is 465 g/mol. The van der Waals surface area contributed by atoms with Crippen LogP contribution in [0.1, 0.15) is 21.7 Å². The van der Waals surface area contributed by atoms with Gasteiger partial charge in [0.15, 0.2) is 17.3 Å². The Bertz CT molecular complexity index is 1260. The summed E-state index contributed by atoms with van der Waals surface area (Å²) in [6.45, 7) is 0. The molecule has 0 aliphatic rings. The summed E-state index contributed by atoms with van der Waals surface area (Å²) in [4.78, 5) is 17.1. The fourth-order valence-corrected chi connectivity index (χ4v) is 3.61. The summed E-state index contributed by atoms with van der Waals surface area (Å²) in [5, 5.41) is 3.04. The lowest BCUT2D eigenvalue weighted by Crippen LogP contribution is -2.12. The van der Waals surface area contributed by atoms with Crippen LogP contribution in [0.4, 0.5) is 10.1 Å². The van der Waals surface area contributed by atoms with Crippen LogP contribution < -0.4 is 19.5 Å². The van der Waals surface area contributed by atoms with E-state index < -0.39 is 0 Å². The van der Waals surface area contributed by atoms with Crippen LogP contribution >= 0.6 is 11.5 Å². The Balaban J connectivity index is 1.49. The molecule has 0 spiro atoms. The smallest absolute Gasteiger partial charge is 0.298 e. The number of carbonyl (C=O) groups is 1. The number of halogens is 1. The van der Waals surface area contributed by atoms with Crippen LogP contribution in [0, 0.1) is 5.82 Å². The number of carbonyl (C=O) groups excluding carboxylic acids is 1. The van der Waals surface area contributed by atoms with Crippen molar-refractivity contribution in [1.29, 1.82) is 0 Å². The molecule has 1 N–H and O–H groups in total. The van der Waals surface area contributed by atoms with Gasteiger partial charge in [-0.2, -0.15) is 9.36 Å². The van der Waals surface area contributed by atoms with E-state index in [1.165, 1.54) is 31.4 Å². The highest BCUT2D eigenvalue weighted by Crippen LogP contribution is 2.33. The summed E-state index contributed by atoms with van der Waals surface area (Å²) >= 11 is 1.10. The Labute approximate surface area is 194 Å². The van der Waals surface area contributed by atoms with E-state index in [1.54, 1.807) is 25.3 Å². The number of methoxy groups -OCH3 is 2. The molecule has 0 unspecified atom stereocenters. The quantitative estimate of drug-likeness (QED) is 0.379. The van der Waals surface area contributed by atoms with Crippen molar-refractivity contribution >= 4 is 23.1 Å². The number of amides is 1. The zero-order valence-corrected chi connectivity index (χ0v) is 18.7. The third-order valence-corrected chi connectivity index (χ3v) is 5.30. The van der Waals surface area contributed by atoms with Crippen molar-refractivity contribution in [2.75, 3.05) is 19.5 Å². The molecule has 1 heterocycles. The lowest BCUT2D eigenvalue weighted by molar-refractivity contribution is 0.102. The molecule has 4 rings (SSSR count). The predicted octanol–water partition coefficient (Wildman–Crippen LogP) is 5.33. The number of ether oxygens (including phenoxy) is 3. The minimum Gasteiger partial charge on any atom is -0.497 e. The maximum Gasteiger partial charge on any atom is 0.298 e. The number of hydrogen-bond donors (Lipinski definition) is 1. The summed E-state index contributed by atoms with van der Waals surface area (Å²) in [6.07, 6.45) is 0.522. The molecule has 0 saturated carbocycles. The molecule has 0 bridgehead atoms. The number of anilines is 1. The summed E-state index contributed by atoms with van der Waals surface area (Å²) in [7, 11) is 3.13. The molecular weight excluding hydrogens is 445 g/mol. The fourth-order valence-electron chi connectivity index (χ4n) is 3.04. The van der Waals surface area contributed by atoms with Gasteiger partial charge in [0.1, 0.15) is 11.6 Å². The van der Waals surface area contributed by atoms with Gasteiger partial charge < -0.3 is 19.5 Å². The van der Waals surface area contributed by atoms with E-state index in [0.717, 1.165) is 22.8 Å². The molecular formula is C24H20FN3O4S. The standard InChI is InChI=1S/C24H20FN3O4S/c1-30-19-5-3-4-15(12-19)13-22-27-24(33-28-22)32-21-14-16(6-11-20(21)31-2)23(29)26-18-9-7-17(25)8-10-18/h3-12,14H,13H2,1-2H3,(H,26,29). The van der Waals surface area contributed by atoms with Crippen LogP contribution in [0.25, 0.3) is 0 Å². The lowest BCUT2D eigenvalue weighted by Gasteiger charge is -2.10. The van der Waals surface area contributed by atoms with Crippen LogP contribution in [0.15, 0.2) is 66.7 Å². The van der Waals surface area contributed by atoms with Gasteiger partial charge in [0, 0.05) is 29.2 Å². The molecule has 0 aliphatic heterocycles. The van der Waals surface area contributed by atoms with E-state index in [1.807, 2.05) is 24.3 Å². The molecule has 0 fully saturated rings. The molecule has 7 nitrogen and oxygen atoms in total. The van der Waals surface area contributed by atoms with Crippen LogP contribution in [0.2, 0.25) is 0 Å². The Hall–Kier alpha value is -3.98. The molecule has 0 atom stereocenters. The normalized spacial score (nSPS) is 10.5. The van der Waals surface area contributed by atoms with Crippen LogP contribution in [0.3, 0.4) is 0 Å². The van der Waals surface area contributed by atoms with E-state index in [9.17, 15) is 9.18 Å². The van der Waals surface area contributed by atoms with Gasteiger partial charge in [-0.1, -0.05) is 12.1 Å². The number of rotatable bonds is 8. The van der Waals surface area contributed by atoms with E-state index in [2.05, 4.69) is 14.7 Å². The molecule has 0 radical (unpaired) electrons. The van der Waals surface area contributed by atoms with Crippen molar-refractivity contribution in [2.24, 2.45) is 0 Å². The Morgan fingerprint density at radius 1 is 1.00 bits per heavy atom. The van der Waals surface area contributed by atoms with Gasteiger partial charge in [0.25, 0.3) is 11.1 Å². The summed E-state index contributed by atoms with van der Waals surface area (Å²) in [5.74, 6) is 1.39. The molecule has 1 aromatic heterocycles. The van der Waals surface area contributed by atoms with Gasteiger partial charge in [-0.05, 0) is 60.2 Å². The molecule has 168 valence electrons. The van der Waals surface area contributed by atoms with Gasteiger partial charge in [-0.25, -0.2) is 4.39 Å². The highest BCUT2D eigenvalue weighted by molar-refractivity contribution is 7.07. The predicted molar refractivity (Wildman–Crippen MR) is 123 cm³/mol. The second-order valence-electron chi connectivity index (χ2n) is 6.93. The van der Waals surface area contributed by atoms with Gasteiger partial charge in [0.2, 0.25) is 0 Å². The SMILES string of the molecule is COc1cccc(Cc2nsc(Oc3cc(C(=O)Nc4ccc(F)cc4)ccc3OC)n2)c1. The number of nitrogens with one attached hydrogen (secondary N) is 1. The molecule has 9 heteroatoms. The molecule has 0 saturated heterocycles. The van der Waals surface area contributed by atoms with Crippen molar-refractivity contribution in [1.82, 2.24) is 9.36 Å². The third-order valence-electron chi connectivity index (χ3n) is 4.67. The van der Waals surface area contributed by atoms with E-state index in [4.69, 9.17) is 14.2 Å². The average molecular weight is 466 g/mol. The maximum atomic E-state index is 13.1. The van der Waals surface area contributed by atoms with E-state index in [-0.39, 0.29) is 11.7 Å². The van der Waals surface area contributed by atoms with Crippen LogP contribution in [0.5, 0.6) is 22.4 Å². The lowest BCUT2D eigenvalue weighted by atomic mass is 10.1. The van der Waals surface area contributed by atoms with Gasteiger partial charge in [0.05, 0.1) is 14.2 Å². The second kappa shape index (κ2) is 10.1. The minimum absolute atomic E-state index is 0.322. The molecule has 33 heavy (non-hydrogen) atoms. The fraction of sp³-hybridized carbons (Fsp3) is 0.125.